The summed E-state index contributed by atoms with van der Waals surface area (Å²) in [5.74, 6) is -0.425. The van der Waals surface area contributed by atoms with E-state index in [1.807, 2.05) is 4.90 Å². The second-order valence-corrected chi connectivity index (χ2v) is 13.8. The van der Waals surface area contributed by atoms with E-state index in [0.717, 1.165) is 30.7 Å². The molecule has 2 fully saturated rings. The van der Waals surface area contributed by atoms with Gasteiger partial charge in [0.1, 0.15) is 20.2 Å². The minimum absolute atomic E-state index is 0.0256. The van der Waals surface area contributed by atoms with Crippen LogP contribution in [-0.4, -0.2) is 90.3 Å². The molecule has 4 rings (SSSR count). The highest BCUT2D eigenvalue weighted by molar-refractivity contribution is 7.91. The van der Waals surface area contributed by atoms with Crippen LogP contribution in [0.2, 0.25) is 5.15 Å². The largest absolute Gasteiger partial charge is 0.337 e. The lowest BCUT2D eigenvalue weighted by Crippen LogP contribution is -2.55. The van der Waals surface area contributed by atoms with Gasteiger partial charge >= 0.3 is 0 Å². The Morgan fingerprint density at radius 3 is 2.59 bits per heavy atom. The number of fused-ring (bicyclic) bond motifs is 1. The van der Waals surface area contributed by atoms with Gasteiger partial charge in [-0.1, -0.05) is 11.6 Å². The number of pyridine rings is 1. The molecule has 2 atom stereocenters. The highest BCUT2D eigenvalue weighted by Gasteiger charge is 2.37. The van der Waals surface area contributed by atoms with Crippen LogP contribution in [0.1, 0.15) is 53.4 Å². The standard InChI is InChI=1S/C25H36ClN5O4S2/c1-16(2)31(17(3)4)14-19-7-5-12-30(19)22(32)15-29-11-6-8-20(25(29)33)28-37(34,35)23-13-18-9-10-21(26)27-24(18)36-23/h9-10,13,16-17,19-20,28H,5-8,11-12,14-15H2,1-4H3/t19-,20-/m0/s1. The number of rotatable bonds is 9. The quantitative estimate of drug-likeness (QED) is 0.465. The molecular formula is C25H36ClN5O4S2. The average Bonchev–Trinajstić information content (AvgIpc) is 3.46. The zero-order valence-corrected chi connectivity index (χ0v) is 24.2. The Morgan fingerprint density at radius 2 is 1.89 bits per heavy atom. The number of nitrogens with zero attached hydrogens (tertiary/aromatic N) is 4. The van der Waals surface area contributed by atoms with E-state index in [1.165, 1.54) is 11.0 Å². The van der Waals surface area contributed by atoms with Crippen LogP contribution in [0.4, 0.5) is 0 Å². The number of hydrogen-bond acceptors (Lipinski definition) is 7. The third-order valence-corrected chi connectivity index (χ3v) is 10.4. The van der Waals surface area contributed by atoms with E-state index in [4.69, 9.17) is 11.6 Å². The van der Waals surface area contributed by atoms with E-state index < -0.39 is 16.1 Å². The van der Waals surface area contributed by atoms with Crippen molar-refractivity contribution in [1.82, 2.24) is 24.4 Å². The van der Waals surface area contributed by atoms with Gasteiger partial charge in [-0.25, -0.2) is 13.4 Å². The van der Waals surface area contributed by atoms with Gasteiger partial charge < -0.3 is 9.80 Å². The Kier molecular flexibility index (Phi) is 8.79. The first-order valence-corrected chi connectivity index (χ1v) is 15.6. The van der Waals surface area contributed by atoms with Crippen molar-refractivity contribution in [3.05, 3.63) is 23.4 Å². The summed E-state index contributed by atoms with van der Waals surface area (Å²) in [4.78, 5) is 37.0. The molecule has 0 spiro atoms. The van der Waals surface area contributed by atoms with Gasteiger partial charge in [-0.2, -0.15) is 4.72 Å². The molecule has 1 N–H and O–H groups in total. The average molecular weight is 570 g/mol. The number of likely N-dealkylation sites (tertiary alicyclic amines) is 2. The number of piperidine rings is 1. The molecule has 2 aliphatic rings. The fraction of sp³-hybridized carbons (Fsp3) is 0.640. The van der Waals surface area contributed by atoms with E-state index in [2.05, 4.69) is 42.3 Å². The molecule has 204 valence electrons. The zero-order chi connectivity index (χ0) is 26.9. The summed E-state index contributed by atoms with van der Waals surface area (Å²) in [5.41, 5.74) is 0. The normalized spacial score (nSPS) is 21.2. The number of thiophene rings is 1. The highest BCUT2D eigenvalue weighted by atomic mass is 35.5. The maximum atomic E-state index is 13.3. The van der Waals surface area contributed by atoms with Crippen LogP contribution in [0, 0.1) is 0 Å². The second-order valence-electron chi connectivity index (χ2n) is 10.4. The molecule has 2 aliphatic heterocycles. The lowest BCUT2D eigenvalue weighted by molar-refractivity contribution is -0.143. The number of hydrogen-bond donors (Lipinski definition) is 1. The molecule has 0 radical (unpaired) electrons. The Bertz CT molecular complexity index is 1240. The highest BCUT2D eigenvalue weighted by Crippen LogP contribution is 2.29. The Balaban J connectivity index is 1.41. The number of amides is 2. The summed E-state index contributed by atoms with van der Waals surface area (Å²) in [6.45, 7) is 10.6. The molecule has 0 saturated carbocycles. The van der Waals surface area contributed by atoms with E-state index in [-0.39, 0.29) is 33.8 Å². The van der Waals surface area contributed by atoms with Crippen molar-refractivity contribution in [3.8, 4) is 0 Å². The van der Waals surface area contributed by atoms with Gasteiger partial charge in [0.05, 0.1) is 6.54 Å². The van der Waals surface area contributed by atoms with Crippen molar-refractivity contribution in [3.63, 3.8) is 0 Å². The SMILES string of the molecule is CC(C)N(C[C@@H]1CCCN1C(=O)CN1CCC[C@H](NS(=O)(=O)c2cc3ccc(Cl)nc3s2)C1=O)C(C)C. The van der Waals surface area contributed by atoms with Gasteiger partial charge in [0.15, 0.2) is 0 Å². The minimum atomic E-state index is -3.94. The lowest BCUT2D eigenvalue weighted by Gasteiger charge is -2.37. The monoisotopic (exact) mass is 569 g/mol. The summed E-state index contributed by atoms with van der Waals surface area (Å²) >= 11 is 6.94. The molecule has 4 heterocycles. The number of sulfonamides is 1. The molecule has 0 aromatic carbocycles. The van der Waals surface area contributed by atoms with Crippen molar-refractivity contribution < 1.29 is 18.0 Å². The minimum Gasteiger partial charge on any atom is -0.337 e. The van der Waals surface area contributed by atoms with Gasteiger partial charge in [0.2, 0.25) is 11.8 Å². The maximum Gasteiger partial charge on any atom is 0.250 e. The predicted molar refractivity (Wildman–Crippen MR) is 146 cm³/mol. The summed E-state index contributed by atoms with van der Waals surface area (Å²) < 4.78 is 28.8. The molecular weight excluding hydrogens is 534 g/mol. The van der Waals surface area contributed by atoms with Gasteiger partial charge in [-0.3, -0.25) is 14.5 Å². The topological polar surface area (TPSA) is 103 Å². The molecule has 2 amide bonds. The van der Waals surface area contributed by atoms with Crippen LogP contribution >= 0.6 is 22.9 Å². The second kappa shape index (κ2) is 11.5. The fourth-order valence-corrected chi connectivity index (χ4v) is 8.10. The number of carbonyl (C=O) groups excluding carboxylic acids is 2. The molecule has 37 heavy (non-hydrogen) atoms. The lowest BCUT2D eigenvalue weighted by atomic mass is 10.1. The van der Waals surface area contributed by atoms with Gasteiger partial charge in [-0.05, 0) is 71.6 Å². The summed E-state index contributed by atoms with van der Waals surface area (Å²) in [7, 11) is -3.94. The number of nitrogens with one attached hydrogen (secondary N) is 1. The van der Waals surface area contributed by atoms with Crippen molar-refractivity contribution in [1.29, 1.82) is 0 Å². The van der Waals surface area contributed by atoms with Crippen molar-refractivity contribution in [2.45, 2.75) is 81.8 Å². The molecule has 2 aromatic rings. The van der Waals surface area contributed by atoms with E-state index in [0.29, 0.717) is 48.2 Å². The zero-order valence-electron chi connectivity index (χ0n) is 21.8. The third-order valence-electron chi connectivity index (χ3n) is 7.19. The van der Waals surface area contributed by atoms with Crippen LogP contribution in [0.5, 0.6) is 0 Å². The van der Waals surface area contributed by atoms with E-state index in [9.17, 15) is 18.0 Å². The first kappa shape index (κ1) is 28.2. The molecule has 0 aliphatic carbocycles. The van der Waals surface area contributed by atoms with Crippen molar-refractivity contribution in [2.24, 2.45) is 0 Å². The van der Waals surface area contributed by atoms with Crippen LogP contribution < -0.4 is 4.72 Å². The Labute approximate surface area is 228 Å². The van der Waals surface area contributed by atoms with Gasteiger partial charge in [0.25, 0.3) is 10.0 Å². The van der Waals surface area contributed by atoms with Gasteiger partial charge in [0, 0.05) is 43.1 Å². The molecule has 9 nitrogen and oxygen atoms in total. The molecule has 2 aromatic heterocycles. The smallest absolute Gasteiger partial charge is 0.250 e. The van der Waals surface area contributed by atoms with E-state index in [1.54, 1.807) is 12.1 Å². The first-order valence-electron chi connectivity index (χ1n) is 12.9. The van der Waals surface area contributed by atoms with Crippen LogP contribution in [0.15, 0.2) is 22.4 Å². The van der Waals surface area contributed by atoms with E-state index >= 15 is 0 Å². The Hall–Kier alpha value is -1.79. The number of aromatic nitrogens is 1. The fourth-order valence-electron chi connectivity index (χ4n) is 5.33. The number of carbonyl (C=O) groups is 2. The third kappa shape index (κ3) is 6.44. The first-order chi connectivity index (χ1) is 17.5. The predicted octanol–water partition coefficient (Wildman–Crippen LogP) is 3.33. The molecule has 0 unspecified atom stereocenters. The molecule has 12 heteroatoms. The van der Waals surface area contributed by atoms with Crippen LogP contribution in [-0.2, 0) is 19.6 Å². The van der Waals surface area contributed by atoms with Gasteiger partial charge in [-0.15, -0.1) is 11.3 Å². The van der Waals surface area contributed by atoms with Crippen LogP contribution in [0.25, 0.3) is 10.2 Å². The summed E-state index contributed by atoms with van der Waals surface area (Å²) in [5, 5.41) is 0.959. The summed E-state index contributed by atoms with van der Waals surface area (Å²) in [6.07, 6.45) is 2.91. The Morgan fingerprint density at radius 1 is 1.19 bits per heavy atom. The van der Waals surface area contributed by atoms with Crippen molar-refractivity contribution in [2.75, 3.05) is 26.2 Å². The maximum absolute atomic E-state index is 13.3. The number of halogens is 1. The molecule has 2 saturated heterocycles. The van der Waals surface area contributed by atoms with Crippen LogP contribution in [0.3, 0.4) is 0 Å². The summed E-state index contributed by atoms with van der Waals surface area (Å²) in [6, 6.07) is 4.83. The van der Waals surface area contributed by atoms with Crippen molar-refractivity contribution >= 4 is 55.0 Å². The molecule has 0 bridgehead atoms.